The third kappa shape index (κ3) is 1.37. The van der Waals surface area contributed by atoms with E-state index in [9.17, 15) is 4.79 Å². The molecular formula is C6H6N4O. The Kier molecular flexibility index (Phi) is 1.91. The molecule has 0 saturated heterocycles. The largest absolute Gasteiger partial charge is 0.298 e. The molecule has 0 fully saturated rings. The second-order valence-corrected chi connectivity index (χ2v) is 1.87. The monoisotopic (exact) mass is 150 g/mol. The van der Waals surface area contributed by atoms with Crippen molar-refractivity contribution in [1.82, 2.24) is 9.78 Å². The Morgan fingerprint density at radius 2 is 2.36 bits per heavy atom. The molecule has 11 heavy (non-hydrogen) atoms. The first kappa shape index (κ1) is 7.33. The van der Waals surface area contributed by atoms with Crippen LogP contribution in [0.3, 0.4) is 0 Å². The van der Waals surface area contributed by atoms with E-state index in [0.717, 1.165) is 11.0 Å². The summed E-state index contributed by atoms with van der Waals surface area (Å²) in [6, 6.07) is 1.34. The predicted molar refractivity (Wildman–Crippen MR) is 37.7 cm³/mol. The molecule has 0 radical (unpaired) electrons. The van der Waals surface area contributed by atoms with E-state index in [2.05, 4.69) is 5.10 Å². The summed E-state index contributed by atoms with van der Waals surface area (Å²) >= 11 is 0. The second-order valence-electron chi connectivity index (χ2n) is 1.87. The number of aromatic nitrogens is 2. The fourth-order valence-electron chi connectivity index (χ4n) is 0.620. The highest BCUT2D eigenvalue weighted by molar-refractivity contribution is 5.73. The Balaban J connectivity index is 3.30. The van der Waals surface area contributed by atoms with Crippen molar-refractivity contribution in [3.05, 3.63) is 23.3 Å². The van der Waals surface area contributed by atoms with Crippen molar-refractivity contribution in [3.63, 3.8) is 0 Å². The average molecular weight is 150 g/mol. The first-order valence-electron chi connectivity index (χ1n) is 2.87. The summed E-state index contributed by atoms with van der Waals surface area (Å²) in [4.78, 5) is 10.2. The van der Waals surface area contributed by atoms with Crippen molar-refractivity contribution in [2.45, 2.75) is 0 Å². The molecule has 0 unspecified atom stereocenters. The smallest absolute Gasteiger partial charge is 0.151 e. The van der Waals surface area contributed by atoms with Gasteiger partial charge in [-0.15, -0.1) is 0 Å². The second kappa shape index (κ2) is 2.87. The number of nitrogens with zero attached hydrogens (tertiary/aromatic N) is 2. The molecule has 5 heteroatoms. The van der Waals surface area contributed by atoms with Crippen LogP contribution in [0.15, 0.2) is 12.3 Å². The van der Waals surface area contributed by atoms with Gasteiger partial charge >= 0.3 is 0 Å². The van der Waals surface area contributed by atoms with Gasteiger partial charge in [0.15, 0.2) is 6.29 Å². The molecular weight excluding hydrogens is 144 g/mol. The van der Waals surface area contributed by atoms with E-state index in [1.54, 1.807) is 0 Å². The number of rotatable bonds is 2. The zero-order valence-corrected chi connectivity index (χ0v) is 5.61. The van der Waals surface area contributed by atoms with E-state index >= 15 is 0 Å². The van der Waals surface area contributed by atoms with Crippen LogP contribution in [0.2, 0.25) is 0 Å². The van der Waals surface area contributed by atoms with Crippen LogP contribution in [-0.2, 0) is 0 Å². The van der Waals surface area contributed by atoms with Crippen LogP contribution in [-0.4, -0.2) is 22.4 Å². The van der Waals surface area contributed by atoms with Gasteiger partial charge in [-0.3, -0.25) is 15.6 Å². The Morgan fingerprint density at radius 1 is 1.64 bits per heavy atom. The van der Waals surface area contributed by atoms with Crippen LogP contribution in [0, 0.1) is 10.8 Å². The number of hydrogen-bond acceptors (Lipinski definition) is 4. The lowest BCUT2D eigenvalue weighted by molar-refractivity contribution is 0.112. The third-order valence-corrected chi connectivity index (χ3v) is 1.14. The molecule has 0 atom stereocenters. The maximum Gasteiger partial charge on any atom is 0.151 e. The summed E-state index contributed by atoms with van der Waals surface area (Å²) in [5, 5.41) is 17.6. The molecule has 0 aromatic carbocycles. The van der Waals surface area contributed by atoms with Crippen molar-refractivity contribution in [1.29, 1.82) is 10.8 Å². The van der Waals surface area contributed by atoms with Gasteiger partial charge in [-0.1, -0.05) is 0 Å². The molecule has 5 nitrogen and oxygen atoms in total. The van der Waals surface area contributed by atoms with E-state index in [1.807, 2.05) is 0 Å². The van der Waals surface area contributed by atoms with Crippen LogP contribution in [0.25, 0.3) is 0 Å². The van der Waals surface area contributed by atoms with Gasteiger partial charge in [0.05, 0.1) is 6.20 Å². The number of carbonyl (C=O) groups excluding carboxylic acids is 1. The molecule has 0 bridgehead atoms. The van der Waals surface area contributed by atoms with Crippen LogP contribution in [0.5, 0.6) is 0 Å². The highest BCUT2D eigenvalue weighted by Crippen LogP contribution is 1.82. The summed E-state index contributed by atoms with van der Waals surface area (Å²) in [6.45, 7) is 0. The van der Waals surface area contributed by atoms with Crippen LogP contribution >= 0.6 is 0 Å². The average Bonchev–Trinajstić information content (AvgIpc) is 2.04. The molecule has 0 aliphatic heterocycles. The van der Waals surface area contributed by atoms with Crippen molar-refractivity contribution in [3.8, 4) is 0 Å². The number of hydrogen-bond donors (Lipinski definition) is 2. The molecule has 0 spiro atoms. The number of nitrogens with one attached hydrogen (secondary N) is 2. The minimum atomic E-state index is 0.0181. The molecule has 0 aliphatic rings. The van der Waals surface area contributed by atoms with Crippen molar-refractivity contribution >= 4 is 12.6 Å². The van der Waals surface area contributed by atoms with Crippen LogP contribution in [0.4, 0.5) is 0 Å². The van der Waals surface area contributed by atoms with Gasteiger partial charge in [0, 0.05) is 5.56 Å². The van der Waals surface area contributed by atoms with Gasteiger partial charge in [0.1, 0.15) is 11.8 Å². The molecule has 1 rings (SSSR count). The van der Waals surface area contributed by atoms with Gasteiger partial charge in [-0.05, 0) is 6.07 Å². The Bertz CT molecular complexity index is 341. The van der Waals surface area contributed by atoms with Gasteiger partial charge in [-0.2, -0.15) is 5.10 Å². The lowest BCUT2D eigenvalue weighted by Gasteiger charge is -1.94. The summed E-state index contributed by atoms with van der Waals surface area (Å²) in [5.41, 5.74) is 0.359. The quantitative estimate of drug-likeness (QED) is 0.342. The fraction of sp³-hybridized carbons (Fsp3) is 0. The zero-order chi connectivity index (χ0) is 8.27. The van der Waals surface area contributed by atoms with Crippen molar-refractivity contribution in [2.75, 3.05) is 0 Å². The SMILES string of the molecule is N=Cn1ncc(C=O)cc1=N. The zero-order valence-electron chi connectivity index (χ0n) is 5.61. The standard InChI is InChI=1S/C6H6N4O/c7-4-10-6(8)1-5(3-11)2-9-10/h1-4,7-8H. The minimum Gasteiger partial charge on any atom is -0.298 e. The Hall–Kier alpha value is -1.78. The van der Waals surface area contributed by atoms with E-state index in [-0.39, 0.29) is 5.49 Å². The molecule has 0 amide bonds. The molecule has 1 heterocycles. The molecule has 0 saturated carbocycles. The Labute approximate surface area is 62.3 Å². The number of carbonyl (C=O) groups is 1. The first-order valence-corrected chi connectivity index (χ1v) is 2.87. The molecule has 0 aliphatic carbocycles. The lowest BCUT2D eigenvalue weighted by atomic mass is 10.3. The summed E-state index contributed by atoms with van der Waals surface area (Å²) in [7, 11) is 0. The highest BCUT2D eigenvalue weighted by Gasteiger charge is 1.91. The number of aldehydes is 1. The van der Waals surface area contributed by atoms with Crippen LogP contribution in [0.1, 0.15) is 10.4 Å². The van der Waals surface area contributed by atoms with Crippen molar-refractivity contribution in [2.24, 2.45) is 0 Å². The van der Waals surface area contributed by atoms with Gasteiger partial charge in [0.2, 0.25) is 0 Å². The van der Waals surface area contributed by atoms with E-state index in [1.165, 1.54) is 12.3 Å². The summed E-state index contributed by atoms with van der Waals surface area (Å²) in [6.07, 6.45) is 2.81. The molecule has 2 N–H and O–H groups in total. The van der Waals surface area contributed by atoms with E-state index in [4.69, 9.17) is 10.8 Å². The predicted octanol–water partition coefficient (Wildman–Crippen LogP) is -0.370. The summed E-state index contributed by atoms with van der Waals surface area (Å²) in [5.74, 6) is 0. The van der Waals surface area contributed by atoms with Crippen molar-refractivity contribution < 1.29 is 4.79 Å². The maximum absolute atomic E-state index is 10.2. The maximum atomic E-state index is 10.2. The van der Waals surface area contributed by atoms with E-state index in [0.29, 0.717) is 11.8 Å². The lowest BCUT2D eigenvalue weighted by Crippen LogP contribution is -2.21. The first-order chi connectivity index (χ1) is 5.27. The summed E-state index contributed by atoms with van der Waals surface area (Å²) < 4.78 is 1.05. The third-order valence-electron chi connectivity index (χ3n) is 1.14. The van der Waals surface area contributed by atoms with Gasteiger partial charge < -0.3 is 0 Å². The van der Waals surface area contributed by atoms with Gasteiger partial charge in [-0.25, -0.2) is 4.68 Å². The molecule has 1 aromatic rings. The molecule has 1 aromatic heterocycles. The molecule has 56 valence electrons. The minimum absolute atomic E-state index is 0.0181. The van der Waals surface area contributed by atoms with Gasteiger partial charge in [0.25, 0.3) is 0 Å². The Morgan fingerprint density at radius 3 is 2.82 bits per heavy atom. The fourth-order valence-corrected chi connectivity index (χ4v) is 0.620. The topological polar surface area (TPSA) is 82.6 Å². The van der Waals surface area contributed by atoms with E-state index < -0.39 is 0 Å². The normalized spacial score (nSPS) is 9.09. The van der Waals surface area contributed by atoms with Crippen LogP contribution < -0.4 is 5.49 Å². The highest BCUT2D eigenvalue weighted by atomic mass is 16.1.